The summed E-state index contributed by atoms with van der Waals surface area (Å²) in [6.45, 7) is 2.85. The zero-order valence-electron chi connectivity index (χ0n) is 24.3. The van der Waals surface area contributed by atoms with Gasteiger partial charge in [0.05, 0.1) is 5.70 Å². The van der Waals surface area contributed by atoms with Crippen molar-refractivity contribution in [2.75, 3.05) is 6.54 Å². The number of alkyl halides is 3. The van der Waals surface area contributed by atoms with Gasteiger partial charge in [-0.1, -0.05) is 74.5 Å². The monoisotopic (exact) mass is 720 g/mol. The van der Waals surface area contributed by atoms with E-state index in [4.69, 9.17) is 0 Å². The van der Waals surface area contributed by atoms with Crippen LogP contribution >= 0.6 is 0 Å². The fourth-order valence-corrected chi connectivity index (χ4v) is 4.98. The van der Waals surface area contributed by atoms with Gasteiger partial charge in [-0.3, -0.25) is 29.0 Å². The number of amides is 3. The molecule has 3 amide bonds. The largest absolute Gasteiger partial charge is 1.00 e. The van der Waals surface area contributed by atoms with E-state index < -0.39 is 48.3 Å². The number of nitrogens with zero attached hydrogens (tertiary/aromatic N) is 3. The highest BCUT2D eigenvalue weighted by Gasteiger charge is 2.45. The zero-order chi connectivity index (χ0) is 31.3. The lowest BCUT2D eigenvalue weighted by molar-refractivity contribution is -0.671. The summed E-state index contributed by atoms with van der Waals surface area (Å²) in [6.07, 6.45) is -0.679. The van der Waals surface area contributed by atoms with E-state index in [-0.39, 0.29) is 42.0 Å². The van der Waals surface area contributed by atoms with E-state index in [2.05, 4.69) is 5.32 Å². The highest BCUT2D eigenvalue weighted by atomic mass is 127. The van der Waals surface area contributed by atoms with Crippen molar-refractivity contribution in [2.45, 2.75) is 38.5 Å². The Kier molecular flexibility index (Phi) is 11.4. The first-order chi connectivity index (χ1) is 20.4. The van der Waals surface area contributed by atoms with Gasteiger partial charge in [0.1, 0.15) is 31.2 Å². The van der Waals surface area contributed by atoms with Crippen LogP contribution in [0.2, 0.25) is 0 Å². The summed E-state index contributed by atoms with van der Waals surface area (Å²) >= 11 is 0. The van der Waals surface area contributed by atoms with Crippen molar-refractivity contribution in [3.05, 3.63) is 108 Å². The van der Waals surface area contributed by atoms with Gasteiger partial charge < -0.3 is 29.3 Å². The van der Waals surface area contributed by atoms with Gasteiger partial charge in [0, 0.05) is 18.7 Å². The molecule has 4 rings (SSSR count). The standard InChI is InChI=1S/C32H31F3N4O4.HI/c1-21(2)28-31(43)38(20-27(40)36-25(29(41)32(33,34)35)17-22-11-6-4-7-12-22)26(23-13-8-5-9-14-23)19-39(28)30(42)24-15-10-16-37(3)18-24;/h4-16,18-19,21,25,28H,17,20H2,1-3H3;1H. The molecule has 0 saturated carbocycles. The van der Waals surface area contributed by atoms with Gasteiger partial charge >= 0.3 is 6.18 Å². The Labute approximate surface area is 270 Å². The number of hydrogen-bond donors (Lipinski definition) is 1. The average Bonchev–Trinajstić information content (AvgIpc) is 2.97. The molecule has 0 bridgehead atoms. The highest BCUT2D eigenvalue weighted by molar-refractivity contribution is 6.04. The second kappa shape index (κ2) is 14.6. The maximum absolute atomic E-state index is 14.0. The highest BCUT2D eigenvalue weighted by Crippen LogP contribution is 2.31. The number of nitrogens with one attached hydrogen (secondary N) is 1. The van der Waals surface area contributed by atoms with E-state index in [9.17, 15) is 32.3 Å². The molecular weight excluding hydrogens is 688 g/mol. The average molecular weight is 721 g/mol. The molecule has 1 aromatic heterocycles. The van der Waals surface area contributed by atoms with Crippen LogP contribution in [0.5, 0.6) is 0 Å². The van der Waals surface area contributed by atoms with Gasteiger partial charge in [-0.15, -0.1) is 0 Å². The first-order valence-electron chi connectivity index (χ1n) is 13.7. The van der Waals surface area contributed by atoms with Gasteiger partial charge in [-0.05, 0) is 23.1 Å². The fourth-order valence-electron chi connectivity index (χ4n) is 4.98. The number of pyridine rings is 1. The third kappa shape index (κ3) is 8.10. The molecule has 2 unspecified atom stereocenters. The molecule has 0 saturated heterocycles. The number of carbonyl (C=O) groups is 4. The van der Waals surface area contributed by atoms with Crippen LogP contribution in [-0.2, 0) is 27.9 Å². The SMILES string of the molecule is CC(C)C1C(=O)N(CC(=O)NC(Cc2ccccc2)C(=O)C(F)(F)F)C(c2ccccc2)=CN1C(=O)c1ccc[n+](C)c1.[I-]. The maximum Gasteiger partial charge on any atom is 0.452 e. The Morgan fingerprint density at radius 3 is 2.14 bits per heavy atom. The van der Waals surface area contributed by atoms with Crippen LogP contribution in [0.4, 0.5) is 13.2 Å². The first kappa shape index (κ1) is 34.4. The number of halogens is 4. The quantitative estimate of drug-likeness (QED) is 0.261. The maximum atomic E-state index is 14.0. The summed E-state index contributed by atoms with van der Waals surface area (Å²) in [5.74, 6) is -4.44. The Hall–Kier alpha value is -4.07. The second-order valence-electron chi connectivity index (χ2n) is 10.6. The Bertz CT molecular complexity index is 1530. The van der Waals surface area contributed by atoms with Crippen molar-refractivity contribution < 1.29 is 60.9 Å². The Morgan fingerprint density at radius 1 is 0.955 bits per heavy atom. The summed E-state index contributed by atoms with van der Waals surface area (Å²) in [7, 11) is 1.76. The van der Waals surface area contributed by atoms with Crippen LogP contribution in [0, 0.1) is 5.92 Å². The molecular formula is C32H32F3IN4O4. The molecule has 232 valence electrons. The van der Waals surface area contributed by atoms with Crippen LogP contribution in [0.15, 0.2) is 91.4 Å². The molecule has 0 spiro atoms. The van der Waals surface area contributed by atoms with Crippen molar-refractivity contribution in [2.24, 2.45) is 13.0 Å². The number of benzene rings is 2. The van der Waals surface area contributed by atoms with E-state index in [0.29, 0.717) is 16.7 Å². The smallest absolute Gasteiger partial charge is 0.452 e. The molecule has 44 heavy (non-hydrogen) atoms. The van der Waals surface area contributed by atoms with Gasteiger partial charge in [-0.25, -0.2) is 4.57 Å². The fraction of sp³-hybridized carbons (Fsp3) is 0.281. The lowest BCUT2D eigenvalue weighted by Gasteiger charge is -2.41. The number of carbonyl (C=O) groups excluding carboxylic acids is 4. The normalized spacial score (nSPS) is 15.8. The molecule has 0 fully saturated rings. The van der Waals surface area contributed by atoms with Crippen molar-refractivity contribution in [1.29, 1.82) is 0 Å². The summed E-state index contributed by atoms with van der Waals surface area (Å²) in [4.78, 5) is 55.8. The van der Waals surface area contributed by atoms with Gasteiger partial charge in [-0.2, -0.15) is 13.2 Å². The molecule has 2 atom stereocenters. The number of aryl methyl sites for hydroxylation is 1. The summed E-state index contributed by atoms with van der Waals surface area (Å²) in [5, 5.41) is 2.21. The predicted octanol–water partition coefficient (Wildman–Crippen LogP) is 0.682. The first-order valence-corrected chi connectivity index (χ1v) is 13.7. The van der Waals surface area contributed by atoms with Crippen molar-refractivity contribution in [1.82, 2.24) is 15.1 Å². The minimum atomic E-state index is -5.18. The third-order valence-electron chi connectivity index (χ3n) is 7.01. The molecule has 1 aliphatic heterocycles. The number of ketones is 1. The van der Waals surface area contributed by atoms with Gasteiger partial charge in [0.15, 0.2) is 12.4 Å². The number of rotatable bonds is 9. The van der Waals surface area contributed by atoms with Crippen LogP contribution in [-0.4, -0.2) is 58.1 Å². The molecule has 8 nitrogen and oxygen atoms in total. The lowest BCUT2D eigenvalue weighted by atomic mass is 9.96. The Morgan fingerprint density at radius 2 is 1.57 bits per heavy atom. The molecule has 0 radical (unpaired) electrons. The predicted molar refractivity (Wildman–Crippen MR) is 152 cm³/mol. The molecule has 2 aromatic carbocycles. The minimum Gasteiger partial charge on any atom is -1.00 e. The van der Waals surface area contributed by atoms with Crippen molar-refractivity contribution in [3.63, 3.8) is 0 Å². The minimum absolute atomic E-state index is 0. The van der Waals surface area contributed by atoms with Crippen LogP contribution < -0.4 is 33.9 Å². The Balaban J connectivity index is 0.00000529. The number of aromatic nitrogens is 1. The molecule has 0 aliphatic carbocycles. The van der Waals surface area contributed by atoms with Gasteiger partial charge in [0.25, 0.3) is 17.6 Å². The molecule has 2 heterocycles. The van der Waals surface area contributed by atoms with Crippen LogP contribution in [0.25, 0.3) is 5.70 Å². The summed E-state index contributed by atoms with van der Waals surface area (Å²) < 4.78 is 42.1. The number of Topliss-reactive ketones (excluding diaryl/α,β-unsaturated/α-hetero) is 1. The zero-order valence-corrected chi connectivity index (χ0v) is 26.5. The lowest BCUT2D eigenvalue weighted by Crippen LogP contribution is -3.00. The van der Waals surface area contributed by atoms with E-state index >= 15 is 0 Å². The van der Waals surface area contributed by atoms with E-state index in [1.807, 2.05) is 0 Å². The van der Waals surface area contributed by atoms with E-state index in [0.717, 1.165) is 4.90 Å². The van der Waals surface area contributed by atoms with Crippen molar-refractivity contribution >= 4 is 29.2 Å². The summed E-state index contributed by atoms with van der Waals surface area (Å²) in [5.41, 5.74) is 1.49. The topological polar surface area (TPSA) is 90.7 Å². The van der Waals surface area contributed by atoms with Crippen molar-refractivity contribution in [3.8, 4) is 0 Å². The molecule has 12 heteroatoms. The molecule has 1 aliphatic rings. The van der Waals surface area contributed by atoms with E-state index in [1.54, 1.807) is 111 Å². The number of hydrogen-bond acceptors (Lipinski definition) is 4. The third-order valence-corrected chi connectivity index (χ3v) is 7.01. The molecule has 3 aromatic rings. The van der Waals surface area contributed by atoms with Crippen LogP contribution in [0.1, 0.15) is 35.3 Å². The molecule has 1 N–H and O–H groups in total. The van der Waals surface area contributed by atoms with Crippen LogP contribution in [0.3, 0.4) is 0 Å². The van der Waals surface area contributed by atoms with E-state index in [1.165, 1.54) is 11.1 Å². The van der Waals surface area contributed by atoms with Gasteiger partial charge in [0.2, 0.25) is 5.91 Å². The summed E-state index contributed by atoms with van der Waals surface area (Å²) in [6, 6.07) is 17.0. The second-order valence-corrected chi connectivity index (χ2v) is 10.6.